The summed E-state index contributed by atoms with van der Waals surface area (Å²) < 4.78 is 21.8. The summed E-state index contributed by atoms with van der Waals surface area (Å²) in [7, 11) is 6.29. The molecule has 0 aliphatic carbocycles. The Labute approximate surface area is 161 Å². The summed E-state index contributed by atoms with van der Waals surface area (Å²) in [6, 6.07) is 11.5. The molecule has 8 nitrogen and oxygen atoms in total. The molecule has 2 aromatic heterocycles. The van der Waals surface area contributed by atoms with Crippen molar-refractivity contribution in [2.75, 3.05) is 28.4 Å². The van der Waals surface area contributed by atoms with Crippen LogP contribution in [0.5, 0.6) is 0 Å². The Bertz CT molecular complexity index is 1140. The zero-order chi connectivity index (χ0) is 19.7. The first-order valence-electron chi connectivity index (χ1n) is 8.68. The van der Waals surface area contributed by atoms with Crippen LogP contribution in [0.4, 0.5) is 0 Å². The predicted molar refractivity (Wildman–Crippen MR) is 104 cm³/mol. The first-order valence-corrected chi connectivity index (χ1v) is 8.68. The molecule has 0 atom stereocenters. The summed E-state index contributed by atoms with van der Waals surface area (Å²) >= 11 is 0. The molecular weight excluding hydrogens is 360 g/mol. The number of hydrogen-bond donors (Lipinski definition) is 0. The third-order valence-electron chi connectivity index (χ3n) is 4.63. The van der Waals surface area contributed by atoms with Crippen LogP contribution >= 0.6 is 0 Å². The molecule has 0 saturated carbocycles. The number of hydrogen-bond acceptors (Lipinski definition) is 8. The maximum absolute atomic E-state index is 5.47. The fourth-order valence-electron chi connectivity index (χ4n) is 3.35. The van der Waals surface area contributed by atoms with E-state index in [4.69, 9.17) is 23.9 Å². The van der Waals surface area contributed by atoms with E-state index in [2.05, 4.69) is 15.2 Å². The number of ether oxygens (including phenoxy) is 4. The quantitative estimate of drug-likeness (QED) is 0.286. The van der Waals surface area contributed by atoms with Crippen LogP contribution in [0, 0.1) is 0 Å². The van der Waals surface area contributed by atoms with Gasteiger partial charge >= 0.3 is 0 Å². The van der Waals surface area contributed by atoms with Gasteiger partial charge in [-0.3, -0.25) is 0 Å². The van der Waals surface area contributed by atoms with E-state index in [1.165, 1.54) is 0 Å². The van der Waals surface area contributed by atoms with E-state index in [0.29, 0.717) is 22.2 Å². The maximum Gasteiger partial charge on any atom is 0.201 e. The molecule has 0 aliphatic heterocycles. The van der Waals surface area contributed by atoms with Gasteiger partial charge in [0.05, 0.1) is 16.6 Å². The van der Waals surface area contributed by atoms with Gasteiger partial charge in [0.1, 0.15) is 5.52 Å². The molecule has 0 amide bonds. The van der Waals surface area contributed by atoms with E-state index in [1.54, 1.807) is 28.4 Å². The molecule has 144 valence electrons. The Morgan fingerprint density at radius 1 is 0.679 bits per heavy atom. The Kier molecular flexibility index (Phi) is 5.10. The molecule has 0 fully saturated rings. The molecular formula is C20H20N4O4. The Balaban J connectivity index is 2.03. The Morgan fingerprint density at radius 3 is 1.86 bits per heavy atom. The van der Waals surface area contributed by atoms with Crippen LogP contribution in [0.3, 0.4) is 0 Å². The van der Waals surface area contributed by atoms with E-state index >= 15 is 0 Å². The highest BCUT2D eigenvalue weighted by atomic mass is 16.7. The zero-order valence-corrected chi connectivity index (χ0v) is 16.0. The fourth-order valence-corrected chi connectivity index (χ4v) is 3.35. The van der Waals surface area contributed by atoms with Crippen LogP contribution in [0.25, 0.3) is 33.1 Å². The normalized spacial score (nSPS) is 12.1. The monoisotopic (exact) mass is 380 g/mol. The molecule has 4 rings (SSSR count). The van der Waals surface area contributed by atoms with Crippen LogP contribution < -0.4 is 0 Å². The molecule has 0 spiro atoms. The molecule has 0 N–H and O–H groups in total. The number of benzene rings is 2. The van der Waals surface area contributed by atoms with E-state index in [1.807, 2.05) is 36.4 Å². The Hall–Kier alpha value is -2.78. The molecule has 8 heteroatoms. The molecule has 2 aromatic carbocycles. The van der Waals surface area contributed by atoms with Crippen molar-refractivity contribution in [2.45, 2.75) is 12.6 Å². The van der Waals surface area contributed by atoms with Gasteiger partial charge in [-0.25, -0.2) is 9.97 Å². The first kappa shape index (κ1) is 18.6. The maximum atomic E-state index is 5.47. The molecule has 0 bridgehead atoms. The van der Waals surface area contributed by atoms with Crippen LogP contribution in [-0.4, -0.2) is 48.6 Å². The largest absolute Gasteiger partial charge is 0.352 e. The third kappa shape index (κ3) is 3.06. The number of methoxy groups -OCH3 is 4. The molecule has 28 heavy (non-hydrogen) atoms. The van der Waals surface area contributed by atoms with Crippen molar-refractivity contribution in [1.29, 1.82) is 0 Å². The number of rotatable bonds is 6. The smallest absolute Gasteiger partial charge is 0.201 e. The lowest BCUT2D eigenvalue weighted by Gasteiger charge is -2.22. The zero-order valence-electron chi connectivity index (χ0n) is 16.0. The van der Waals surface area contributed by atoms with Crippen LogP contribution in [-0.2, 0) is 18.9 Å². The van der Waals surface area contributed by atoms with E-state index in [9.17, 15) is 0 Å². The third-order valence-corrected chi connectivity index (χ3v) is 4.63. The minimum atomic E-state index is -0.604. The fraction of sp³-hybridized carbons (Fsp3) is 0.300. The van der Waals surface area contributed by atoms with Gasteiger partial charge in [-0.1, -0.05) is 18.2 Å². The number of nitrogens with zero attached hydrogens (tertiary/aromatic N) is 4. The highest BCUT2D eigenvalue weighted by Crippen LogP contribution is 2.32. The second-order valence-corrected chi connectivity index (χ2v) is 6.19. The molecule has 2 heterocycles. The molecule has 0 unspecified atom stereocenters. The molecule has 0 saturated heterocycles. The van der Waals surface area contributed by atoms with Crippen LogP contribution in [0.2, 0.25) is 0 Å². The lowest BCUT2D eigenvalue weighted by Crippen LogP contribution is -2.13. The number of aromatic nitrogens is 4. The van der Waals surface area contributed by atoms with Gasteiger partial charge in [0.15, 0.2) is 12.6 Å². The lowest BCUT2D eigenvalue weighted by molar-refractivity contribution is -0.123. The molecule has 4 aromatic rings. The number of fused-ring (bicyclic) bond motifs is 4. The van der Waals surface area contributed by atoms with Crippen molar-refractivity contribution >= 4 is 33.1 Å². The van der Waals surface area contributed by atoms with Gasteiger partial charge in [0.2, 0.25) is 5.65 Å². The Morgan fingerprint density at radius 2 is 1.25 bits per heavy atom. The second-order valence-electron chi connectivity index (χ2n) is 6.19. The van der Waals surface area contributed by atoms with Gasteiger partial charge in [0, 0.05) is 45.0 Å². The van der Waals surface area contributed by atoms with Crippen LogP contribution in [0.15, 0.2) is 36.4 Å². The topological polar surface area (TPSA) is 88.5 Å². The first-order chi connectivity index (χ1) is 13.7. The van der Waals surface area contributed by atoms with E-state index in [0.717, 1.165) is 22.0 Å². The highest BCUT2D eigenvalue weighted by Gasteiger charge is 2.23. The summed E-state index contributed by atoms with van der Waals surface area (Å²) in [6.07, 6.45) is -1.20. The van der Waals surface area contributed by atoms with Crippen molar-refractivity contribution in [3.63, 3.8) is 0 Å². The van der Waals surface area contributed by atoms with Gasteiger partial charge in [0.25, 0.3) is 0 Å². The van der Waals surface area contributed by atoms with Crippen molar-refractivity contribution in [3.8, 4) is 0 Å². The minimum absolute atomic E-state index is 0.478. The average Bonchev–Trinajstić information content (AvgIpc) is 2.74. The molecule has 0 aliphatic rings. The summed E-state index contributed by atoms with van der Waals surface area (Å²) in [4.78, 5) is 9.47. The molecule has 0 radical (unpaired) electrons. The minimum Gasteiger partial charge on any atom is -0.352 e. The van der Waals surface area contributed by atoms with Gasteiger partial charge in [-0.2, -0.15) is 0 Å². The SMILES string of the molecule is COC(OC)c1cc2nc3nnc4ccccc4c3nc2cc1C(OC)OC. The van der Waals surface area contributed by atoms with Gasteiger partial charge < -0.3 is 18.9 Å². The van der Waals surface area contributed by atoms with Crippen molar-refractivity contribution in [1.82, 2.24) is 20.2 Å². The van der Waals surface area contributed by atoms with Crippen molar-refractivity contribution < 1.29 is 18.9 Å². The average molecular weight is 380 g/mol. The summed E-state index contributed by atoms with van der Waals surface area (Å²) in [5.41, 5.74) is 4.78. The second kappa shape index (κ2) is 7.69. The predicted octanol–water partition coefficient (Wildman–Crippen LogP) is 3.31. The summed E-state index contributed by atoms with van der Waals surface area (Å²) in [5.74, 6) is 0. The van der Waals surface area contributed by atoms with Crippen molar-refractivity contribution in [2.24, 2.45) is 0 Å². The van der Waals surface area contributed by atoms with Gasteiger partial charge in [-0.15, -0.1) is 10.2 Å². The van der Waals surface area contributed by atoms with E-state index < -0.39 is 12.6 Å². The summed E-state index contributed by atoms with van der Waals surface area (Å²) in [5, 5.41) is 9.36. The van der Waals surface area contributed by atoms with Gasteiger partial charge in [-0.05, 0) is 18.2 Å². The highest BCUT2D eigenvalue weighted by molar-refractivity contribution is 6.02. The van der Waals surface area contributed by atoms with E-state index in [-0.39, 0.29) is 0 Å². The van der Waals surface area contributed by atoms with Crippen molar-refractivity contribution in [3.05, 3.63) is 47.5 Å². The van der Waals surface area contributed by atoms with Crippen LogP contribution in [0.1, 0.15) is 23.7 Å². The standard InChI is InChI=1S/C20H20N4O4/c1-25-19(26-2)12-9-15-16(10-13(12)20(27-3)28-4)22-18-17(21-15)11-7-5-6-8-14(11)23-24-18/h5-10,19-20H,1-4H3. The summed E-state index contributed by atoms with van der Waals surface area (Å²) in [6.45, 7) is 0. The lowest BCUT2D eigenvalue weighted by atomic mass is 10.0.